The van der Waals surface area contributed by atoms with Crippen LogP contribution in [0.1, 0.15) is 91.9 Å². The topological polar surface area (TPSA) is 222 Å². The summed E-state index contributed by atoms with van der Waals surface area (Å²) in [5.74, 6) is 0. The lowest BCUT2D eigenvalue weighted by Gasteiger charge is -2.09. The first kappa shape index (κ1) is 87.1. The molecule has 24 nitrogen and oxygen atoms in total. The molecule has 0 aromatic rings. The Morgan fingerprint density at radius 2 is 0.209 bits per heavy atom. The van der Waals surface area contributed by atoms with Crippen molar-refractivity contribution in [1.29, 1.82) is 0 Å². The molecule has 0 spiro atoms. The van der Waals surface area contributed by atoms with E-state index in [1.165, 1.54) is 57.8 Å². The smallest absolute Gasteiger partial charge is 0.0701 e. The fourth-order valence-corrected chi connectivity index (χ4v) is 6.69. The summed E-state index contributed by atoms with van der Waals surface area (Å²) < 4.78 is 132. The third kappa shape index (κ3) is 89.5. The van der Waals surface area contributed by atoms with Gasteiger partial charge in [0.05, 0.1) is 304 Å². The van der Waals surface area contributed by atoms with Crippen molar-refractivity contribution < 1.29 is 114 Å². The summed E-state index contributed by atoms with van der Waals surface area (Å²) in [4.78, 5) is 0. The Labute approximate surface area is 521 Å². The van der Waals surface area contributed by atoms with E-state index in [-0.39, 0.29) is 0 Å². The summed E-state index contributed by atoms with van der Waals surface area (Å²) in [5.41, 5.74) is 0. The van der Waals surface area contributed by atoms with Crippen LogP contribution in [0.3, 0.4) is 0 Å². The molecule has 0 saturated heterocycles. The van der Waals surface area contributed by atoms with Gasteiger partial charge in [0.25, 0.3) is 0 Å². The molecule has 520 valence electrons. The molecule has 0 unspecified atom stereocenters. The highest BCUT2D eigenvalue weighted by molar-refractivity contribution is 4.45. The van der Waals surface area contributed by atoms with Crippen molar-refractivity contribution in [1.82, 2.24) is 0 Å². The zero-order valence-corrected chi connectivity index (χ0v) is 54.8. The van der Waals surface area contributed by atoms with Gasteiger partial charge in [-0.05, 0) is 13.3 Å². The number of unbranched alkanes of at least 4 members (excludes halogenated alkanes) is 8. The molecule has 0 aromatic carbocycles. The average Bonchev–Trinajstić information content (AvgIpc) is 3.52. The van der Waals surface area contributed by atoms with Crippen LogP contribution in [-0.2, 0) is 114 Å². The summed E-state index contributed by atoms with van der Waals surface area (Å²) in [6.45, 7) is 33.8. The number of rotatable bonds is 80. The quantitative estimate of drug-likeness (QED) is 0.0605. The van der Waals surface area contributed by atoms with E-state index in [9.17, 15) is 0 Å². The highest BCUT2D eigenvalue weighted by atomic mass is 16.6. The first-order chi connectivity index (χ1) is 42.8. The molecule has 86 heavy (non-hydrogen) atoms. The Morgan fingerprint density at radius 1 is 0.105 bits per heavy atom. The molecule has 0 aromatic heterocycles. The molecule has 0 amide bonds. The molecule has 0 aliphatic rings. The molecule has 0 fully saturated rings. The third-order valence-corrected chi connectivity index (χ3v) is 11.4. The zero-order valence-electron chi connectivity index (χ0n) is 54.8. The van der Waals surface area contributed by atoms with Gasteiger partial charge in [0.1, 0.15) is 0 Å². The van der Waals surface area contributed by atoms with Crippen LogP contribution in [0.15, 0.2) is 0 Å². The number of hydrogen-bond acceptors (Lipinski definition) is 24. The van der Waals surface area contributed by atoms with E-state index in [0.717, 1.165) is 13.0 Å². The second-order valence-electron chi connectivity index (χ2n) is 18.8. The maximum Gasteiger partial charge on any atom is 0.0701 e. The van der Waals surface area contributed by atoms with Crippen molar-refractivity contribution >= 4 is 0 Å². The number of hydrogen-bond donors (Lipinski definition) is 0. The van der Waals surface area contributed by atoms with Gasteiger partial charge >= 0.3 is 0 Å². The molecule has 0 radical (unpaired) electrons. The zero-order chi connectivity index (χ0) is 62.0. The Hall–Kier alpha value is -0.960. The van der Waals surface area contributed by atoms with Crippen molar-refractivity contribution in [3.63, 3.8) is 0 Å². The van der Waals surface area contributed by atoms with Gasteiger partial charge in [-0.1, -0.05) is 78.6 Å². The maximum atomic E-state index is 5.58. The van der Waals surface area contributed by atoms with Gasteiger partial charge in [-0.2, -0.15) is 0 Å². The van der Waals surface area contributed by atoms with Crippen LogP contribution in [0.5, 0.6) is 0 Å². The van der Waals surface area contributed by atoms with Gasteiger partial charge in [0, 0.05) is 13.2 Å². The SMILES string of the molecule is CCCCCCC.CCCCCCCOCCOCCOCCOCCOCCOCCOCCOCCOCCOCCOCCOCCOCCOCCOCCOCCOCCOCCOCCOCCOCCOCCOCCOCC. The van der Waals surface area contributed by atoms with Crippen LogP contribution in [0.25, 0.3) is 0 Å². The Morgan fingerprint density at radius 3 is 0.337 bits per heavy atom. The molecular weight excluding hydrogens is 1130 g/mol. The monoisotopic (exact) mass is 1260 g/mol. The van der Waals surface area contributed by atoms with Crippen LogP contribution in [0.4, 0.5) is 0 Å². The van der Waals surface area contributed by atoms with E-state index in [4.69, 9.17) is 114 Å². The van der Waals surface area contributed by atoms with Gasteiger partial charge in [0.2, 0.25) is 0 Å². The van der Waals surface area contributed by atoms with Crippen LogP contribution in [0.2, 0.25) is 0 Å². The molecule has 0 saturated carbocycles. The summed E-state index contributed by atoms with van der Waals surface area (Å²) in [5, 5.41) is 0. The minimum absolute atomic E-state index is 0.489. The molecule has 0 bridgehead atoms. The van der Waals surface area contributed by atoms with Crippen molar-refractivity contribution in [3.8, 4) is 0 Å². The second-order valence-corrected chi connectivity index (χ2v) is 18.8. The van der Waals surface area contributed by atoms with E-state index < -0.39 is 0 Å². The maximum absolute atomic E-state index is 5.58. The fraction of sp³-hybridized carbons (Fsp3) is 1.00. The van der Waals surface area contributed by atoms with E-state index in [1.54, 1.807) is 0 Å². The van der Waals surface area contributed by atoms with Crippen LogP contribution in [-0.4, -0.2) is 317 Å². The molecule has 0 N–H and O–H groups in total. The predicted octanol–water partition coefficient (Wildman–Crippen LogP) is 6.35. The highest BCUT2D eigenvalue weighted by Gasteiger charge is 2.01. The van der Waals surface area contributed by atoms with Gasteiger partial charge < -0.3 is 114 Å². The highest BCUT2D eigenvalue weighted by Crippen LogP contribution is 2.03. The first-order valence-corrected chi connectivity index (χ1v) is 32.7. The second kappa shape index (κ2) is 88.2. The largest absolute Gasteiger partial charge is 0.379 e. The third-order valence-electron chi connectivity index (χ3n) is 11.4. The lowest BCUT2D eigenvalue weighted by atomic mass is 10.2. The first-order valence-electron chi connectivity index (χ1n) is 32.7. The van der Waals surface area contributed by atoms with Crippen molar-refractivity contribution in [3.05, 3.63) is 0 Å². The van der Waals surface area contributed by atoms with Crippen molar-refractivity contribution in [2.24, 2.45) is 0 Å². The fourth-order valence-electron chi connectivity index (χ4n) is 6.69. The van der Waals surface area contributed by atoms with Crippen LogP contribution >= 0.6 is 0 Å². The average molecular weight is 1260 g/mol. The summed E-state index contributed by atoms with van der Waals surface area (Å²) in [6, 6.07) is 0. The summed E-state index contributed by atoms with van der Waals surface area (Å²) >= 11 is 0. The molecule has 0 heterocycles. The minimum atomic E-state index is 0.489. The normalized spacial score (nSPS) is 11.6. The van der Waals surface area contributed by atoms with Crippen LogP contribution in [0, 0.1) is 0 Å². The minimum Gasteiger partial charge on any atom is -0.379 e. The van der Waals surface area contributed by atoms with E-state index in [1.807, 2.05) is 6.92 Å². The van der Waals surface area contributed by atoms with Gasteiger partial charge in [-0.3, -0.25) is 0 Å². The van der Waals surface area contributed by atoms with Gasteiger partial charge in [-0.15, -0.1) is 0 Å². The molecule has 0 aliphatic heterocycles. The van der Waals surface area contributed by atoms with E-state index >= 15 is 0 Å². The lowest BCUT2D eigenvalue weighted by Crippen LogP contribution is -2.16. The van der Waals surface area contributed by atoms with E-state index in [0.29, 0.717) is 311 Å². The Balaban J connectivity index is 0. The molecule has 0 rings (SSSR count). The molecule has 0 atom stereocenters. The lowest BCUT2D eigenvalue weighted by molar-refractivity contribution is -0.0320. The summed E-state index contributed by atoms with van der Waals surface area (Å²) in [6.07, 6.45) is 13.3. The van der Waals surface area contributed by atoms with Crippen molar-refractivity contribution in [2.75, 3.05) is 317 Å². The summed E-state index contributed by atoms with van der Waals surface area (Å²) in [7, 11) is 0. The number of ether oxygens (including phenoxy) is 24. The van der Waals surface area contributed by atoms with E-state index in [2.05, 4.69) is 20.8 Å². The predicted molar refractivity (Wildman–Crippen MR) is 329 cm³/mol. The molecule has 0 aliphatic carbocycles. The molecular formula is C62H128O24. The van der Waals surface area contributed by atoms with Gasteiger partial charge in [-0.25, -0.2) is 0 Å². The standard InChI is InChI=1S/C55H112O24.C7H16/c1-3-5-6-7-8-9-57-12-13-59-16-17-61-20-21-63-24-25-65-28-29-67-32-33-69-36-37-71-40-41-73-44-45-75-48-49-77-52-53-79-55-54-78-51-50-76-47-46-74-43-42-72-39-38-70-35-34-68-31-30-66-27-26-64-23-22-62-19-18-60-15-14-58-11-10-56-4-2;1-3-5-7-6-4-2/h3-55H2,1-2H3;3-7H2,1-2H3. The Kier molecular flexibility index (Phi) is 89.4. The Bertz CT molecular complexity index is 1040. The van der Waals surface area contributed by atoms with Crippen LogP contribution < -0.4 is 0 Å². The molecule has 24 heteroatoms. The van der Waals surface area contributed by atoms with Gasteiger partial charge in [0.15, 0.2) is 0 Å². The van der Waals surface area contributed by atoms with Crippen molar-refractivity contribution in [2.45, 2.75) is 91.9 Å².